The molecule has 0 aromatic heterocycles. The minimum Gasteiger partial charge on any atom is -0.449 e. The molecule has 2 aliphatic rings. The molecule has 3 N–H and O–H groups in total. The lowest BCUT2D eigenvalue weighted by Crippen LogP contribution is -2.34. The summed E-state index contributed by atoms with van der Waals surface area (Å²) in [5.74, 6) is -0.133. The van der Waals surface area contributed by atoms with Crippen molar-refractivity contribution in [2.75, 3.05) is 0 Å². The maximum Gasteiger partial charge on any atom is 0.201 e. The van der Waals surface area contributed by atoms with Crippen molar-refractivity contribution >= 4 is 39.1 Å². The fourth-order valence-electron chi connectivity index (χ4n) is 3.40. The van der Waals surface area contributed by atoms with Crippen LogP contribution in [0.25, 0.3) is 0 Å². The summed E-state index contributed by atoms with van der Waals surface area (Å²) in [5, 5.41) is 12.3. The third kappa shape index (κ3) is 3.33. The van der Waals surface area contributed by atoms with Gasteiger partial charge in [0.1, 0.15) is 5.76 Å². The fourth-order valence-corrected chi connectivity index (χ4v) is 3.97. The van der Waals surface area contributed by atoms with Gasteiger partial charge in [0, 0.05) is 28.8 Å². The lowest BCUT2D eigenvalue weighted by atomic mass is 9.70. The standard InChI is InChI=1S/C18H18BrClN2O3/c1-18(2)7-11(23)14-12(8-18)25-16(20)15(17(21)22-24)13(14)9-3-5-10(19)6-4-9/h3-6,13,24H,7-8H2,1-2H3,(H2,21,22). The summed E-state index contributed by atoms with van der Waals surface area (Å²) in [7, 11) is 0. The molecule has 0 bridgehead atoms. The first-order valence-corrected chi connectivity index (χ1v) is 8.98. The summed E-state index contributed by atoms with van der Waals surface area (Å²) >= 11 is 9.73. The average molecular weight is 426 g/mol. The van der Waals surface area contributed by atoms with Crippen LogP contribution in [0.15, 0.2) is 56.0 Å². The molecule has 1 aliphatic heterocycles. The molecular weight excluding hydrogens is 408 g/mol. The van der Waals surface area contributed by atoms with Crippen LogP contribution in [0.3, 0.4) is 0 Å². The van der Waals surface area contributed by atoms with Gasteiger partial charge in [-0.3, -0.25) is 4.79 Å². The molecule has 1 aromatic carbocycles. The molecule has 1 heterocycles. The van der Waals surface area contributed by atoms with Crippen LogP contribution in [0.5, 0.6) is 0 Å². The van der Waals surface area contributed by atoms with Crippen molar-refractivity contribution < 1.29 is 14.7 Å². The smallest absolute Gasteiger partial charge is 0.201 e. The predicted molar refractivity (Wildman–Crippen MR) is 99.3 cm³/mol. The van der Waals surface area contributed by atoms with Crippen LogP contribution in [0.2, 0.25) is 0 Å². The van der Waals surface area contributed by atoms with Gasteiger partial charge < -0.3 is 15.7 Å². The molecule has 0 fully saturated rings. The zero-order valence-electron chi connectivity index (χ0n) is 13.8. The summed E-state index contributed by atoms with van der Waals surface area (Å²) in [5.41, 5.74) is 7.31. The topological polar surface area (TPSA) is 84.9 Å². The Kier molecular flexibility index (Phi) is 4.68. The lowest BCUT2D eigenvalue weighted by Gasteiger charge is -2.38. The van der Waals surface area contributed by atoms with Gasteiger partial charge >= 0.3 is 0 Å². The van der Waals surface area contributed by atoms with Crippen molar-refractivity contribution in [1.82, 2.24) is 0 Å². The number of halogens is 2. The van der Waals surface area contributed by atoms with E-state index in [9.17, 15) is 4.79 Å². The Morgan fingerprint density at radius 1 is 1.36 bits per heavy atom. The van der Waals surface area contributed by atoms with Crippen LogP contribution >= 0.6 is 27.5 Å². The van der Waals surface area contributed by atoms with Gasteiger partial charge in [-0.2, -0.15) is 0 Å². The summed E-state index contributed by atoms with van der Waals surface area (Å²) in [6.45, 7) is 4.03. The summed E-state index contributed by atoms with van der Waals surface area (Å²) in [6, 6.07) is 7.51. The van der Waals surface area contributed by atoms with Crippen LogP contribution < -0.4 is 5.73 Å². The third-order valence-corrected chi connectivity index (χ3v) is 5.28. The Bertz CT molecular complexity index is 825. The van der Waals surface area contributed by atoms with E-state index in [-0.39, 0.29) is 22.3 Å². The van der Waals surface area contributed by atoms with E-state index in [1.807, 2.05) is 38.1 Å². The van der Waals surface area contributed by atoms with Gasteiger partial charge in [0.15, 0.2) is 11.6 Å². The third-order valence-electron chi connectivity index (χ3n) is 4.47. The second-order valence-corrected chi connectivity index (χ2v) is 8.30. The minimum atomic E-state index is -0.524. The van der Waals surface area contributed by atoms with Crippen LogP contribution in [0.1, 0.15) is 38.2 Å². The van der Waals surface area contributed by atoms with Crippen molar-refractivity contribution in [1.29, 1.82) is 0 Å². The van der Waals surface area contributed by atoms with Crippen molar-refractivity contribution in [2.24, 2.45) is 16.3 Å². The first kappa shape index (κ1) is 18.0. The highest BCUT2D eigenvalue weighted by molar-refractivity contribution is 9.10. The Labute approximate surface area is 159 Å². The van der Waals surface area contributed by atoms with Crippen LogP contribution in [0, 0.1) is 5.41 Å². The number of allylic oxidation sites excluding steroid dienone is 2. The van der Waals surface area contributed by atoms with E-state index in [1.54, 1.807) is 0 Å². The zero-order valence-corrected chi connectivity index (χ0v) is 16.2. The van der Waals surface area contributed by atoms with Gasteiger partial charge in [-0.15, -0.1) is 0 Å². The number of nitrogens with zero attached hydrogens (tertiary/aromatic N) is 1. The number of nitrogens with two attached hydrogens (primary N) is 1. The predicted octanol–water partition coefficient (Wildman–Crippen LogP) is 4.40. The van der Waals surface area contributed by atoms with Gasteiger partial charge in [-0.25, -0.2) is 0 Å². The van der Waals surface area contributed by atoms with Crippen LogP contribution in [-0.2, 0) is 9.53 Å². The number of Topliss-reactive ketones (excluding diaryl/α,β-unsaturated/α-hetero) is 1. The molecule has 0 amide bonds. The highest BCUT2D eigenvalue weighted by Crippen LogP contribution is 2.49. The van der Waals surface area contributed by atoms with Gasteiger partial charge in [-0.1, -0.05) is 47.1 Å². The number of oxime groups is 1. The van der Waals surface area contributed by atoms with E-state index < -0.39 is 5.92 Å². The van der Waals surface area contributed by atoms with Crippen LogP contribution in [-0.4, -0.2) is 16.8 Å². The number of ether oxygens (including phenoxy) is 1. The summed E-state index contributed by atoms with van der Waals surface area (Å²) < 4.78 is 6.64. The van der Waals surface area contributed by atoms with E-state index in [0.29, 0.717) is 29.7 Å². The average Bonchev–Trinajstić information content (AvgIpc) is 2.52. The molecule has 7 heteroatoms. The fraction of sp³-hybridized carbons (Fsp3) is 0.333. The second-order valence-electron chi connectivity index (χ2n) is 7.04. The normalized spacial score (nSPS) is 23.4. The van der Waals surface area contributed by atoms with Crippen molar-refractivity contribution in [3.05, 3.63) is 56.4 Å². The van der Waals surface area contributed by atoms with E-state index in [1.165, 1.54) is 0 Å². The molecule has 1 atom stereocenters. The molecule has 0 saturated heterocycles. The number of carbonyl (C=O) groups is 1. The van der Waals surface area contributed by atoms with Crippen LogP contribution in [0.4, 0.5) is 0 Å². The molecule has 1 unspecified atom stereocenters. The molecule has 0 saturated carbocycles. The number of benzene rings is 1. The zero-order chi connectivity index (χ0) is 18.4. The molecule has 132 valence electrons. The van der Waals surface area contributed by atoms with E-state index in [4.69, 9.17) is 27.3 Å². The Morgan fingerprint density at radius 2 is 2.00 bits per heavy atom. The van der Waals surface area contributed by atoms with E-state index in [0.717, 1.165) is 10.0 Å². The number of carbonyl (C=O) groups excluding carboxylic acids is 1. The maximum absolute atomic E-state index is 12.9. The van der Waals surface area contributed by atoms with Crippen molar-refractivity contribution in [3.63, 3.8) is 0 Å². The monoisotopic (exact) mass is 424 g/mol. The molecule has 0 spiro atoms. The molecule has 25 heavy (non-hydrogen) atoms. The Hall–Kier alpha value is -1.79. The molecule has 5 nitrogen and oxygen atoms in total. The summed E-state index contributed by atoms with van der Waals surface area (Å²) in [4.78, 5) is 12.9. The second kappa shape index (κ2) is 6.50. The first-order valence-electron chi connectivity index (χ1n) is 7.80. The number of rotatable bonds is 2. The first-order chi connectivity index (χ1) is 11.7. The van der Waals surface area contributed by atoms with E-state index in [2.05, 4.69) is 21.1 Å². The number of hydrogen-bond acceptors (Lipinski definition) is 4. The lowest BCUT2D eigenvalue weighted by molar-refractivity contribution is -0.119. The quantitative estimate of drug-likeness (QED) is 0.318. The Balaban J connectivity index is 2.21. The van der Waals surface area contributed by atoms with Gasteiger partial charge in [0.05, 0.1) is 5.57 Å². The highest BCUT2D eigenvalue weighted by Gasteiger charge is 2.43. The summed E-state index contributed by atoms with van der Waals surface area (Å²) in [6.07, 6.45) is 1.00. The van der Waals surface area contributed by atoms with Crippen molar-refractivity contribution in [2.45, 2.75) is 32.6 Å². The number of amidine groups is 1. The Morgan fingerprint density at radius 3 is 2.60 bits per heavy atom. The molecule has 3 rings (SSSR count). The maximum atomic E-state index is 12.9. The molecule has 0 radical (unpaired) electrons. The number of hydrogen-bond donors (Lipinski definition) is 2. The number of ketones is 1. The molecular formula is C18H18BrClN2O3. The van der Waals surface area contributed by atoms with E-state index >= 15 is 0 Å². The van der Waals surface area contributed by atoms with Gasteiger partial charge in [-0.05, 0) is 34.7 Å². The largest absolute Gasteiger partial charge is 0.449 e. The van der Waals surface area contributed by atoms with Crippen molar-refractivity contribution in [3.8, 4) is 0 Å². The minimum absolute atomic E-state index is 0.00780. The SMILES string of the molecule is CC1(C)CC(=O)C2=C(C1)OC(Cl)=C(/C(N)=N/O)C2c1ccc(Br)cc1. The molecule has 1 aliphatic carbocycles. The van der Waals surface area contributed by atoms with Gasteiger partial charge in [0.2, 0.25) is 5.22 Å². The molecule has 1 aromatic rings. The van der Waals surface area contributed by atoms with Gasteiger partial charge in [0.25, 0.3) is 0 Å². The highest BCUT2D eigenvalue weighted by atomic mass is 79.9.